The maximum atomic E-state index is 4.57. The van der Waals surface area contributed by atoms with Crippen LogP contribution < -0.4 is 0 Å². The van der Waals surface area contributed by atoms with Gasteiger partial charge in [-0.25, -0.2) is 0 Å². The van der Waals surface area contributed by atoms with Crippen LogP contribution >= 0.6 is 12.6 Å². The van der Waals surface area contributed by atoms with Crippen molar-refractivity contribution >= 4 is 12.6 Å². The summed E-state index contributed by atoms with van der Waals surface area (Å²) >= 11 is 4.30. The van der Waals surface area contributed by atoms with Gasteiger partial charge in [0, 0.05) is 12.2 Å². The van der Waals surface area contributed by atoms with Crippen LogP contribution in [0, 0.1) is 5.92 Å². The Morgan fingerprint density at radius 2 is 2.14 bits per heavy atom. The predicted octanol–water partition coefficient (Wildman–Crippen LogP) is 2.57. The van der Waals surface area contributed by atoms with Crippen molar-refractivity contribution in [3.63, 3.8) is 0 Å². The van der Waals surface area contributed by atoms with Crippen LogP contribution in [-0.2, 0) is 19.4 Å². The monoisotopic (exact) mass is 212 g/mol. The van der Waals surface area contributed by atoms with E-state index in [0.717, 1.165) is 25.1 Å². The SMILES string of the molecule is CCc1cc(CC)n(CC(C)CS)n1. The van der Waals surface area contributed by atoms with E-state index in [-0.39, 0.29) is 0 Å². The number of aryl methyl sites for hydroxylation is 2. The predicted molar refractivity (Wildman–Crippen MR) is 64.0 cm³/mol. The maximum Gasteiger partial charge on any atom is 0.0624 e. The van der Waals surface area contributed by atoms with E-state index < -0.39 is 0 Å². The fraction of sp³-hybridized carbons (Fsp3) is 0.727. The van der Waals surface area contributed by atoms with Crippen molar-refractivity contribution in [2.24, 2.45) is 5.92 Å². The minimum absolute atomic E-state index is 0.591. The molecule has 0 saturated heterocycles. The molecular weight excluding hydrogens is 192 g/mol. The average Bonchev–Trinajstić information content (AvgIpc) is 2.60. The number of nitrogens with zero attached hydrogens (tertiary/aromatic N) is 2. The fourth-order valence-electron chi connectivity index (χ4n) is 1.48. The third-order valence-electron chi connectivity index (χ3n) is 2.43. The van der Waals surface area contributed by atoms with Gasteiger partial charge in [0.25, 0.3) is 0 Å². The highest BCUT2D eigenvalue weighted by molar-refractivity contribution is 7.80. The molecule has 1 aromatic heterocycles. The topological polar surface area (TPSA) is 17.8 Å². The summed E-state index contributed by atoms with van der Waals surface area (Å²) < 4.78 is 2.14. The first-order chi connectivity index (χ1) is 6.71. The highest BCUT2D eigenvalue weighted by Gasteiger charge is 2.07. The fourth-order valence-corrected chi connectivity index (χ4v) is 1.60. The molecule has 0 fully saturated rings. The van der Waals surface area contributed by atoms with E-state index in [1.807, 2.05) is 0 Å². The lowest BCUT2D eigenvalue weighted by Gasteiger charge is -2.10. The van der Waals surface area contributed by atoms with Gasteiger partial charge in [-0.2, -0.15) is 17.7 Å². The molecule has 2 nitrogen and oxygen atoms in total. The van der Waals surface area contributed by atoms with Gasteiger partial charge in [0.15, 0.2) is 0 Å². The molecule has 0 amide bonds. The van der Waals surface area contributed by atoms with E-state index in [9.17, 15) is 0 Å². The zero-order valence-electron chi connectivity index (χ0n) is 9.32. The molecule has 0 aliphatic heterocycles. The molecule has 0 N–H and O–H groups in total. The van der Waals surface area contributed by atoms with E-state index in [1.54, 1.807) is 0 Å². The summed E-state index contributed by atoms with van der Waals surface area (Å²) in [6.45, 7) is 7.53. The van der Waals surface area contributed by atoms with Gasteiger partial charge in [-0.05, 0) is 30.6 Å². The molecule has 1 heterocycles. The first-order valence-electron chi connectivity index (χ1n) is 5.37. The maximum absolute atomic E-state index is 4.57. The lowest BCUT2D eigenvalue weighted by Crippen LogP contribution is -2.12. The van der Waals surface area contributed by atoms with Gasteiger partial charge in [-0.1, -0.05) is 20.8 Å². The zero-order chi connectivity index (χ0) is 10.6. The van der Waals surface area contributed by atoms with Crippen LogP contribution in [0.1, 0.15) is 32.2 Å². The number of hydrogen-bond acceptors (Lipinski definition) is 2. The van der Waals surface area contributed by atoms with Crippen LogP contribution in [0.2, 0.25) is 0 Å². The second kappa shape index (κ2) is 5.44. The first kappa shape index (κ1) is 11.6. The molecule has 0 aliphatic carbocycles. The Labute approximate surface area is 92.1 Å². The van der Waals surface area contributed by atoms with Gasteiger partial charge in [-0.3, -0.25) is 4.68 Å². The quantitative estimate of drug-likeness (QED) is 0.743. The van der Waals surface area contributed by atoms with Gasteiger partial charge in [0.05, 0.1) is 5.69 Å². The largest absolute Gasteiger partial charge is 0.269 e. The Balaban J connectivity index is 2.78. The van der Waals surface area contributed by atoms with Crippen molar-refractivity contribution in [2.45, 2.75) is 40.2 Å². The van der Waals surface area contributed by atoms with Crippen molar-refractivity contribution < 1.29 is 0 Å². The second-order valence-electron chi connectivity index (χ2n) is 3.80. The Bertz CT molecular complexity index is 281. The Hall–Kier alpha value is -0.440. The summed E-state index contributed by atoms with van der Waals surface area (Å²) in [5.74, 6) is 1.51. The molecule has 0 radical (unpaired) electrons. The second-order valence-corrected chi connectivity index (χ2v) is 4.17. The van der Waals surface area contributed by atoms with Crippen LogP contribution in [-0.4, -0.2) is 15.5 Å². The normalized spacial score (nSPS) is 13.1. The Morgan fingerprint density at radius 1 is 1.43 bits per heavy atom. The number of hydrogen-bond donors (Lipinski definition) is 1. The molecule has 1 rings (SSSR count). The van der Waals surface area contributed by atoms with Crippen LogP contribution in [0.3, 0.4) is 0 Å². The zero-order valence-corrected chi connectivity index (χ0v) is 10.2. The Kier molecular flexibility index (Phi) is 4.52. The number of rotatable bonds is 5. The van der Waals surface area contributed by atoms with Crippen LogP contribution in [0.15, 0.2) is 6.07 Å². The Morgan fingerprint density at radius 3 is 2.64 bits per heavy atom. The van der Waals surface area contributed by atoms with Crippen molar-refractivity contribution in [1.29, 1.82) is 0 Å². The lowest BCUT2D eigenvalue weighted by atomic mass is 10.2. The van der Waals surface area contributed by atoms with E-state index in [4.69, 9.17) is 0 Å². The van der Waals surface area contributed by atoms with E-state index >= 15 is 0 Å². The number of aromatic nitrogens is 2. The summed E-state index contributed by atoms with van der Waals surface area (Å²) in [5, 5.41) is 4.57. The minimum Gasteiger partial charge on any atom is -0.269 e. The van der Waals surface area contributed by atoms with E-state index in [0.29, 0.717) is 5.92 Å². The summed E-state index contributed by atoms with van der Waals surface area (Å²) in [5.41, 5.74) is 2.55. The molecule has 1 aromatic rings. The first-order valence-corrected chi connectivity index (χ1v) is 6.00. The molecule has 0 spiro atoms. The molecule has 80 valence electrons. The molecule has 0 aliphatic rings. The van der Waals surface area contributed by atoms with Crippen molar-refractivity contribution in [3.05, 3.63) is 17.5 Å². The van der Waals surface area contributed by atoms with Gasteiger partial charge >= 0.3 is 0 Å². The van der Waals surface area contributed by atoms with Gasteiger partial charge in [-0.15, -0.1) is 0 Å². The summed E-state index contributed by atoms with van der Waals surface area (Å²) in [6.07, 6.45) is 2.08. The third-order valence-corrected chi connectivity index (χ3v) is 3.06. The summed E-state index contributed by atoms with van der Waals surface area (Å²) in [7, 11) is 0. The molecule has 1 atom stereocenters. The smallest absolute Gasteiger partial charge is 0.0624 e. The van der Waals surface area contributed by atoms with Crippen molar-refractivity contribution in [1.82, 2.24) is 9.78 Å². The van der Waals surface area contributed by atoms with Gasteiger partial charge < -0.3 is 0 Å². The molecular formula is C11H20N2S. The standard InChI is InChI=1S/C11H20N2S/c1-4-10-6-11(5-2)13(12-10)7-9(3)8-14/h6,9,14H,4-5,7-8H2,1-3H3. The van der Waals surface area contributed by atoms with Crippen molar-refractivity contribution in [3.8, 4) is 0 Å². The molecule has 0 bridgehead atoms. The molecule has 3 heteroatoms. The van der Waals surface area contributed by atoms with Crippen LogP contribution in [0.4, 0.5) is 0 Å². The third kappa shape index (κ3) is 2.77. The highest BCUT2D eigenvalue weighted by atomic mass is 32.1. The number of thiol groups is 1. The molecule has 0 aromatic carbocycles. The highest BCUT2D eigenvalue weighted by Crippen LogP contribution is 2.10. The van der Waals surface area contributed by atoms with Gasteiger partial charge in [0.1, 0.15) is 0 Å². The average molecular weight is 212 g/mol. The lowest BCUT2D eigenvalue weighted by molar-refractivity contribution is 0.473. The molecule has 14 heavy (non-hydrogen) atoms. The minimum atomic E-state index is 0.591. The van der Waals surface area contributed by atoms with E-state index in [1.165, 1.54) is 11.4 Å². The molecule has 1 unspecified atom stereocenters. The summed E-state index contributed by atoms with van der Waals surface area (Å²) in [4.78, 5) is 0. The van der Waals surface area contributed by atoms with E-state index in [2.05, 4.69) is 49.2 Å². The van der Waals surface area contributed by atoms with Crippen molar-refractivity contribution in [2.75, 3.05) is 5.75 Å². The van der Waals surface area contributed by atoms with Gasteiger partial charge in [0.2, 0.25) is 0 Å². The van der Waals surface area contributed by atoms with Crippen LogP contribution in [0.25, 0.3) is 0 Å². The van der Waals surface area contributed by atoms with Crippen LogP contribution in [0.5, 0.6) is 0 Å². The summed E-state index contributed by atoms with van der Waals surface area (Å²) in [6, 6.07) is 2.21. The molecule has 0 saturated carbocycles.